The minimum absolute atomic E-state index is 0.0911. The largest absolute Gasteiger partial charge is 0.458 e. The molecule has 0 unspecified atom stereocenters. The number of esters is 2. The van der Waals surface area contributed by atoms with Crippen molar-refractivity contribution in [2.75, 3.05) is 11.5 Å². The highest BCUT2D eigenvalue weighted by molar-refractivity contribution is 5.86. The van der Waals surface area contributed by atoms with Gasteiger partial charge in [0.15, 0.2) is 6.10 Å². The third-order valence-electron chi connectivity index (χ3n) is 9.23. The Labute approximate surface area is 244 Å². The molecule has 5 atom stereocenters. The van der Waals surface area contributed by atoms with E-state index in [2.05, 4.69) is 37.7 Å². The number of carbonyl (C=O) groups is 2. The summed E-state index contributed by atoms with van der Waals surface area (Å²) in [6.07, 6.45) is 5.36. The van der Waals surface area contributed by atoms with Gasteiger partial charge in [-0.1, -0.05) is 39.8 Å². The summed E-state index contributed by atoms with van der Waals surface area (Å²) in [5, 5.41) is 1.76. The molecule has 6 rings (SSSR count). The maximum absolute atomic E-state index is 13.2. The highest BCUT2D eigenvalue weighted by Crippen LogP contribution is 2.66. The van der Waals surface area contributed by atoms with Crippen LogP contribution in [0.4, 0.5) is 11.6 Å². The van der Waals surface area contributed by atoms with E-state index >= 15 is 0 Å². The zero-order chi connectivity index (χ0) is 29.8. The average molecular weight is 571 g/mol. The van der Waals surface area contributed by atoms with Crippen molar-refractivity contribution in [3.05, 3.63) is 54.5 Å². The Morgan fingerprint density at radius 2 is 1.76 bits per heavy atom. The molecule has 2 aliphatic rings. The standard InChI is InChI=1S/C32H38N6O4/c1-17(2)30(39)41-26-25(38-14-11-21-28(34)35-16-36-29(21)38)22-10-13-32(22,27(26)42-31(40)18(3)4)12-9-19-5-6-20-7-8-24(33)37-23(20)15-19/h5-8,11,14-18,22,25-27H,9-10,12-13H2,1-4H3,(H2,33,37)(H2,34,35,36)/t22-,25-,26+,27+,32-/m1/s1. The maximum Gasteiger partial charge on any atom is 0.308 e. The number of ether oxygens (including phenoxy) is 2. The number of hydrogen-bond acceptors (Lipinski definition) is 9. The number of anilines is 2. The predicted octanol–water partition coefficient (Wildman–Crippen LogP) is 4.86. The van der Waals surface area contributed by atoms with E-state index in [0.717, 1.165) is 47.5 Å². The van der Waals surface area contributed by atoms with E-state index < -0.39 is 12.2 Å². The highest BCUT2D eigenvalue weighted by Gasteiger charge is 2.68. The lowest BCUT2D eigenvalue weighted by molar-refractivity contribution is -0.181. The van der Waals surface area contributed by atoms with Gasteiger partial charge in [-0.15, -0.1) is 0 Å². The van der Waals surface area contributed by atoms with Crippen LogP contribution in [0.15, 0.2) is 48.9 Å². The van der Waals surface area contributed by atoms with Crippen molar-refractivity contribution >= 4 is 45.5 Å². The molecule has 0 bridgehead atoms. The Balaban J connectivity index is 1.42. The molecular weight excluding hydrogens is 532 g/mol. The highest BCUT2D eigenvalue weighted by atomic mass is 16.6. The predicted molar refractivity (Wildman–Crippen MR) is 160 cm³/mol. The van der Waals surface area contributed by atoms with Gasteiger partial charge in [-0.2, -0.15) is 0 Å². The number of nitrogens with zero attached hydrogens (tertiary/aromatic N) is 4. The minimum Gasteiger partial charge on any atom is -0.458 e. The summed E-state index contributed by atoms with van der Waals surface area (Å²) in [5.74, 6) is -0.318. The molecule has 10 nitrogen and oxygen atoms in total. The van der Waals surface area contributed by atoms with Gasteiger partial charge in [0.05, 0.1) is 28.8 Å². The van der Waals surface area contributed by atoms with Crippen molar-refractivity contribution in [2.24, 2.45) is 23.2 Å². The first-order chi connectivity index (χ1) is 20.1. The molecule has 0 aliphatic heterocycles. The van der Waals surface area contributed by atoms with Gasteiger partial charge in [0.2, 0.25) is 0 Å². The molecule has 0 radical (unpaired) electrons. The van der Waals surface area contributed by atoms with E-state index in [1.807, 2.05) is 46.0 Å². The molecule has 3 aromatic heterocycles. The molecule has 2 saturated carbocycles. The summed E-state index contributed by atoms with van der Waals surface area (Å²) in [4.78, 5) is 39.5. The van der Waals surface area contributed by atoms with Crippen LogP contribution < -0.4 is 11.5 Å². The number of nitrogens with two attached hydrogens (primary N) is 2. The topological polar surface area (TPSA) is 148 Å². The van der Waals surface area contributed by atoms with Gasteiger partial charge in [0, 0.05) is 17.0 Å². The number of aromatic nitrogens is 4. The van der Waals surface area contributed by atoms with Crippen LogP contribution in [-0.2, 0) is 25.5 Å². The summed E-state index contributed by atoms with van der Waals surface area (Å²) in [6.45, 7) is 7.26. The van der Waals surface area contributed by atoms with Crippen LogP contribution in [0.2, 0.25) is 0 Å². The number of fused-ring (bicyclic) bond motifs is 3. The number of hydrogen-bond donors (Lipinski definition) is 2. The smallest absolute Gasteiger partial charge is 0.308 e. The zero-order valence-corrected chi connectivity index (χ0v) is 24.5. The van der Waals surface area contributed by atoms with Crippen LogP contribution in [0, 0.1) is 23.2 Å². The first kappa shape index (κ1) is 27.9. The summed E-state index contributed by atoms with van der Waals surface area (Å²) < 4.78 is 14.7. The van der Waals surface area contributed by atoms with Gasteiger partial charge in [0.1, 0.15) is 29.7 Å². The van der Waals surface area contributed by atoms with E-state index in [9.17, 15) is 9.59 Å². The Morgan fingerprint density at radius 1 is 1.02 bits per heavy atom. The second-order valence-corrected chi connectivity index (χ2v) is 12.4. The van der Waals surface area contributed by atoms with E-state index in [1.165, 1.54) is 6.33 Å². The van der Waals surface area contributed by atoms with Gasteiger partial charge in [-0.3, -0.25) is 9.59 Å². The molecule has 42 heavy (non-hydrogen) atoms. The Kier molecular flexibility index (Phi) is 7.03. The van der Waals surface area contributed by atoms with Gasteiger partial charge in [-0.25, -0.2) is 15.0 Å². The van der Waals surface area contributed by atoms with E-state index in [1.54, 1.807) is 6.07 Å². The summed E-state index contributed by atoms with van der Waals surface area (Å²) in [6, 6.07) is 11.6. The second kappa shape index (κ2) is 10.6. The van der Waals surface area contributed by atoms with E-state index in [-0.39, 0.29) is 41.1 Å². The molecule has 1 aromatic carbocycles. The molecule has 4 N–H and O–H groups in total. The van der Waals surface area contributed by atoms with E-state index in [0.29, 0.717) is 17.3 Å². The van der Waals surface area contributed by atoms with Gasteiger partial charge in [-0.05, 0) is 61.4 Å². The lowest BCUT2D eigenvalue weighted by Crippen LogP contribution is -2.49. The second-order valence-electron chi connectivity index (χ2n) is 12.4. The van der Waals surface area contributed by atoms with Crippen LogP contribution in [0.5, 0.6) is 0 Å². The fourth-order valence-corrected chi connectivity index (χ4v) is 6.88. The van der Waals surface area contributed by atoms with Gasteiger partial charge < -0.3 is 25.5 Å². The molecule has 220 valence electrons. The normalized spacial score (nSPS) is 25.1. The molecule has 2 fully saturated rings. The molecular formula is C32H38N6O4. The number of benzene rings is 1. The molecule has 2 aliphatic carbocycles. The summed E-state index contributed by atoms with van der Waals surface area (Å²) >= 11 is 0. The first-order valence-electron chi connectivity index (χ1n) is 14.7. The molecule has 10 heteroatoms. The molecule has 4 aromatic rings. The minimum atomic E-state index is -0.681. The quantitative estimate of drug-likeness (QED) is 0.283. The third-order valence-corrected chi connectivity index (χ3v) is 9.23. The number of nitrogen functional groups attached to an aromatic ring is 2. The van der Waals surface area contributed by atoms with Crippen molar-refractivity contribution < 1.29 is 19.1 Å². The van der Waals surface area contributed by atoms with Crippen LogP contribution in [0.25, 0.3) is 21.9 Å². The monoisotopic (exact) mass is 570 g/mol. The Bertz CT molecular complexity index is 1670. The Morgan fingerprint density at radius 3 is 2.48 bits per heavy atom. The molecule has 0 spiro atoms. The number of carbonyl (C=O) groups excluding carboxylic acids is 2. The molecule has 0 amide bonds. The lowest BCUT2D eigenvalue weighted by atomic mass is 9.58. The maximum atomic E-state index is 13.2. The van der Waals surface area contributed by atoms with Crippen molar-refractivity contribution in [3.63, 3.8) is 0 Å². The number of aryl methyl sites for hydroxylation is 1. The lowest BCUT2D eigenvalue weighted by Gasteiger charge is -2.49. The van der Waals surface area contributed by atoms with Crippen LogP contribution in [-0.4, -0.2) is 43.7 Å². The van der Waals surface area contributed by atoms with Crippen molar-refractivity contribution in [2.45, 2.75) is 71.6 Å². The zero-order valence-electron chi connectivity index (χ0n) is 24.5. The van der Waals surface area contributed by atoms with Crippen molar-refractivity contribution in [1.82, 2.24) is 19.5 Å². The first-order valence-corrected chi connectivity index (χ1v) is 14.7. The molecule has 3 heterocycles. The summed E-state index contributed by atoms with van der Waals surface area (Å²) in [5.41, 5.74) is 14.4. The van der Waals surface area contributed by atoms with Crippen molar-refractivity contribution in [3.8, 4) is 0 Å². The number of rotatable bonds is 8. The fourth-order valence-electron chi connectivity index (χ4n) is 6.88. The van der Waals surface area contributed by atoms with Crippen molar-refractivity contribution in [1.29, 1.82) is 0 Å². The van der Waals surface area contributed by atoms with Gasteiger partial charge >= 0.3 is 11.9 Å². The van der Waals surface area contributed by atoms with Gasteiger partial charge in [0.25, 0.3) is 0 Å². The molecule has 0 saturated heterocycles. The van der Waals surface area contributed by atoms with E-state index in [4.69, 9.17) is 20.9 Å². The Hall–Kier alpha value is -4.21. The average Bonchev–Trinajstić information content (AvgIpc) is 3.44. The fraction of sp³-hybridized carbons (Fsp3) is 0.469. The summed E-state index contributed by atoms with van der Waals surface area (Å²) in [7, 11) is 0. The SMILES string of the molecule is CC(C)C(=O)O[C@H]1[C@H](n2ccc3c(N)ncnc32)[C@H]2CC[C@@]2(CCc2ccc3ccc(N)nc3c2)[C@H]1OC(=O)C(C)C. The van der Waals surface area contributed by atoms with Crippen LogP contribution >= 0.6 is 0 Å². The van der Waals surface area contributed by atoms with Crippen LogP contribution in [0.3, 0.4) is 0 Å². The van der Waals surface area contributed by atoms with Crippen LogP contribution in [0.1, 0.15) is 58.6 Å². The third kappa shape index (κ3) is 4.62. The number of pyridine rings is 1.